The summed E-state index contributed by atoms with van der Waals surface area (Å²) >= 11 is 0. The van der Waals surface area contributed by atoms with Gasteiger partial charge in [0.1, 0.15) is 17.9 Å². The van der Waals surface area contributed by atoms with Crippen molar-refractivity contribution in [3.05, 3.63) is 29.2 Å². The molecule has 0 aromatic carbocycles. The molecule has 0 atom stereocenters. The number of nitrogens with zero attached hydrogens (tertiary/aromatic N) is 3. The Balaban J connectivity index is 1.78. The SMILES string of the molecule is Cc1noc(C)c1CCC(=O)NCc1ncn[nH]1. The molecule has 0 aliphatic rings. The lowest BCUT2D eigenvalue weighted by Gasteiger charge is -2.02. The minimum absolute atomic E-state index is 0.0357. The summed E-state index contributed by atoms with van der Waals surface area (Å²) in [6.45, 7) is 4.08. The van der Waals surface area contributed by atoms with E-state index in [1.165, 1.54) is 6.33 Å². The highest BCUT2D eigenvalue weighted by atomic mass is 16.5. The van der Waals surface area contributed by atoms with Gasteiger partial charge in [-0.3, -0.25) is 9.89 Å². The first-order chi connectivity index (χ1) is 8.66. The summed E-state index contributed by atoms with van der Waals surface area (Å²) in [4.78, 5) is 15.6. The van der Waals surface area contributed by atoms with E-state index in [1.54, 1.807) is 0 Å². The number of nitrogens with one attached hydrogen (secondary N) is 2. The summed E-state index contributed by atoms with van der Waals surface area (Å²) < 4.78 is 5.04. The van der Waals surface area contributed by atoms with Gasteiger partial charge in [-0.15, -0.1) is 0 Å². The molecule has 2 aromatic rings. The largest absolute Gasteiger partial charge is 0.361 e. The van der Waals surface area contributed by atoms with Crippen molar-refractivity contribution in [2.75, 3.05) is 0 Å². The van der Waals surface area contributed by atoms with Crippen molar-refractivity contribution in [1.29, 1.82) is 0 Å². The smallest absolute Gasteiger partial charge is 0.220 e. The van der Waals surface area contributed by atoms with Crippen molar-refractivity contribution < 1.29 is 9.32 Å². The van der Waals surface area contributed by atoms with Crippen LogP contribution >= 0.6 is 0 Å². The monoisotopic (exact) mass is 249 g/mol. The first kappa shape index (κ1) is 12.3. The van der Waals surface area contributed by atoms with Gasteiger partial charge in [0.05, 0.1) is 12.2 Å². The number of aryl methyl sites for hydroxylation is 2. The molecule has 2 rings (SSSR count). The normalized spacial score (nSPS) is 10.6. The fraction of sp³-hybridized carbons (Fsp3) is 0.455. The maximum absolute atomic E-state index is 11.6. The van der Waals surface area contributed by atoms with Crippen molar-refractivity contribution in [2.45, 2.75) is 33.2 Å². The highest BCUT2D eigenvalue weighted by Crippen LogP contribution is 2.14. The van der Waals surface area contributed by atoms with Gasteiger partial charge in [0.25, 0.3) is 0 Å². The van der Waals surface area contributed by atoms with E-state index in [0.29, 0.717) is 25.2 Å². The van der Waals surface area contributed by atoms with E-state index in [-0.39, 0.29) is 5.91 Å². The number of amides is 1. The van der Waals surface area contributed by atoms with Crippen molar-refractivity contribution in [2.24, 2.45) is 0 Å². The molecule has 2 aromatic heterocycles. The molecule has 7 nitrogen and oxygen atoms in total. The van der Waals surface area contributed by atoms with Crippen LogP contribution in [0.1, 0.15) is 29.3 Å². The van der Waals surface area contributed by atoms with Crippen molar-refractivity contribution in [3.63, 3.8) is 0 Å². The molecule has 0 aliphatic carbocycles. The number of hydrogen-bond donors (Lipinski definition) is 2. The number of aromatic nitrogens is 4. The van der Waals surface area contributed by atoms with Crippen LogP contribution in [-0.2, 0) is 17.8 Å². The van der Waals surface area contributed by atoms with Gasteiger partial charge in [0.2, 0.25) is 5.91 Å². The van der Waals surface area contributed by atoms with Gasteiger partial charge in [-0.1, -0.05) is 5.16 Å². The number of aromatic amines is 1. The van der Waals surface area contributed by atoms with E-state index in [4.69, 9.17) is 4.52 Å². The average Bonchev–Trinajstić information content (AvgIpc) is 2.96. The predicted octanol–water partition coefficient (Wildman–Crippen LogP) is 0.659. The maximum atomic E-state index is 11.6. The lowest BCUT2D eigenvalue weighted by atomic mass is 10.1. The van der Waals surface area contributed by atoms with Crippen LogP contribution in [0.4, 0.5) is 0 Å². The molecule has 0 radical (unpaired) electrons. The number of hydrogen-bond acceptors (Lipinski definition) is 5. The van der Waals surface area contributed by atoms with E-state index in [2.05, 4.69) is 25.7 Å². The molecule has 2 N–H and O–H groups in total. The van der Waals surface area contributed by atoms with Crippen LogP contribution in [-0.4, -0.2) is 26.2 Å². The van der Waals surface area contributed by atoms with Gasteiger partial charge in [-0.05, 0) is 20.3 Å². The Morgan fingerprint density at radius 1 is 1.50 bits per heavy atom. The molecule has 0 spiro atoms. The third-order valence-corrected chi connectivity index (χ3v) is 2.70. The van der Waals surface area contributed by atoms with Crippen LogP contribution in [0.25, 0.3) is 0 Å². The van der Waals surface area contributed by atoms with Gasteiger partial charge in [0, 0.05) is 12.0 Å². The standard InChI is InChI=1S/C11H15N5O2/c1-7-9(8(2)18-16-7)3-4-11(17)12-5-10-13-6-14-15-10/h6H,3-5H2,1-2H3,(H,12,17)(H,13,14,15). The second-order valence-corrected chi connectivity index (χ2v) is 4.01. The lowest BCUT2D eigenvalue weighted by Crippen LogP contribution is -2.23. The van der Waals surface area contributed by atoms with Crippen molar-refractivity contribution >= 4 is 5.91 Å². The third kappa shape index (κ3) is 2.93. The van der Waals surface area contributed by atoms with E-state index in [1.807, 2.05) is 13.8 Å². The van der Waals surface area contributed by atoms with Gasteiger partial charge in [0.15, 0.2) is 0 Å². The zero-order valence-electron chi connectivity index (χ0n) is 10.4. The Morgan fingerprint density at radius 2 is 2.33 bits per heavy atom. The minimum Gasteiger partial charge on any atom is -0.361 e. The molecule has 0 aliphatic heterocycles. The summed E-state index contributed by atoms with van der Waals surface area (Å²) in [6.07, 6.45) is 2.44. The molecule has 0 bridgehead atoms. The molecule has 18 heavy (non-hydrogen) atoms. The number of rotatable bonds is 5. The Kier molecular flexibility index (Phi) is 3.71. The van der Waals surface area contributed by atoms with Crippen molar-refractivity contribution in [3.8, 4) is 0 Å². The van der Waals surface area contributed by atoms with Crippen LogP contribution in [0, 0.1) is 13.8 Å². The van der Waals surface area contributed by atoms with Gasteiger partial charge >= 0.3 is 0 Å². The molecule has 0 unspecified atom stereocenters. The number of carbonyl (C=O) groups excluding carboxylic acids is 1. The fourth-order valence-corrected chi connectivity index (χ4v) is 1.68. The van der Waals surface area contributed by atoms with E-state index >= 15 is 0 Å². The number of carbonyl (C=O) groups is 1. The highest BCUT2D eigenvalue weighted by Gasteiger charge is 2.11. The number of H-pyrrole nitrogens is 1. The second kappa shape index (κ2) is 5.44. The van der Waals surface area contributed by atoms with Crippen LogP contribution in [0.5, 0.6) is 0 Å². The Hall–Kier alpha value is -2.18. The lowest BCUT2D eigenvalue weighted by molar-refractivity contribution is -0.121. The molecular formula is C11H15N5O2. The van der Waals surface area contributed by atoms with Crippen LogP contribution in [0.3, 0.4) is 0 Å². The van der Waals surface area contributed by atoms with Crippen LogP contribution in [0.15, 0.2) is 10.9 Å². The molecule has 2 heterocycles. The molecule has 96 valence electrons. The van der Waals surface area contributed by atoms with Crippen molar-refractivity contribution in [1.82, 2.24) is 25.7 Å². The minimum atomic E-state index is -0.0357. The maximum Gasteiger partial charge on any atom is 0.220 e. The van der Waals surface area contributed by atoms with Crippen LogP contribution in [0.2, 0.25) is 0 Å². The zero-order valence-corrected chi connectivity index (χ0v) is 10.4. The predicted molar refractivity (Wildman–Crippen MR) is 62.5 cm³/mol. The van der Waals surface area contributed by atoms with Crippen LogP contribution < -0.4 is 5.32 Å². The summed E-state index contributed by atoms with van der Waals surface area (Å²) in [5.41, 5.74) is 1.85. The third-order valence-electron chi connectivity index (χ3n) is 2.70. The zero-order chi connectivity index (χ0) is 13.0. The van der Waals surface area contributed by atoms with E-state index < -0.39 is 0 Å². The topological polar surface area (TPSA) is 96.7 Å². The molecule has 0 fully saturated rings. The Morgan fingerprint density at radius 3 is 2.94 bits per heavy atom. The fourth-order valence-electron chi connectivity index (χ4n) is 1.68. The molecular weight excluding hydrogens is 234 g/mol. The second-order valence-electron chi connectivity index (χ2n) is 4.01. The highest BCUT2D eigenvalue weighted by molar-refractivity contribution is 5.76. The summed E-state index contributed by atoms with van der Waals surface area (Å²) in [7, 11) is 0. The molecule has 1 amide bonds. The Bertz CT molecular complexity index is 498. The van der Waals surface area contributed by atoms with Gasteiger partial charge in [-0.25, -0.2) is 4.98 Å². The average molecular weight is 249 g/mol. The van der Waals surface area contributed by atoms with E-state index in [0.717, 1.165) is 17.0 Å². The molecule has 7 heteroatoms. The summed E-state index contributed by atoms with van der Waals surface area (Å²) in [6, 6.07) is 0. The molecule has 0 saturated heterocycles. The molecule has 0 saturated carbocycles. The van der Waals surface area contributed by atoms with Gasteiger partial charge < -0.3 is 9.84 Å². The van der Waals surface area contributed by atoms with E-state index in [9.17, 15) is 4.79 Å². The summed E-state index contributed by atoms with van der Waals surface area (Å²) in [5, 5.41) is 13.0. The Labute approximate surface area is 104 Å². The first-order valence-corrected chi connectivity index (χ1v) is 5.69. The summed E-state index contributed by atoms with van der Waals surface area (Å²) in [5.74, 6) is 1.38. The van der Waals surface area contributed by atoms with Gasteiger partial charge in [-0.2, -0.15) is 5.10 Å². The quantitative estimate of drug-likeness (QED) is 0.811. The first-order valence-electron chi connectivity index (χ1n) is 5.69.